The lowest BCUT2D eigenvalue weighted by Crippen LogP contribution is -2.30. The van der Waals surface area contributed by atoms with Gasteiger partial charge in [0, 0.05) is 18.7 Å². The predicted octanol–water partition coefficient (Wildman–Crippen LogP) is 3.16. The number of carbonyl (C=O) groups excluding carboxylic acids is 1. The van der Waals surface area contributed by atoms with Crippen molar-refractivity contribution in [2.45, 2.75) is 45.7 Å². The Morgan fingerprint density at radius 1 is 1.32 bits per heavy atom. The maximum Gasteiger partial charge on any atom is 0.222 e. The molecule has 1 N–H and O–H groups in total. The van der Waals surface area contributed by atoms with Gasteiger partial charge in [-0.2, -0.15) is 5.10 Å². The Kier molecular flexibility index (Phi) is 4.27. The van der Waals surface area contributed by atoms with E-state index in [2.05, 4.69) is 22.5 Å². The van der Waals surface area contributed by atoms with Crippen LogP contribution in [0.1, 0.15) is 42.3 Å². The van der Waals surface area contributed by atoms with E-state index in [9.17, 15) is 4.79 Å². The van der Waals surface area contributed by atoms with Crippen LogP contribution in [0.15, 0.2) is 36.4 Å². The summed E-state index contributed by atoms with van der Waals surface area (Å²) in [4.78, 5) is 12.3. The maximum absolute atomic E-state index is 12.3. The van der Waals surface area contributed by atoms with Gasteiger partial charge in [-0.25, -0.2) is 0 Å². The fraction of sp³-hybridized carbons (Fsp3) is 0.444. The van der Waals surface area contributed by atoms with Gasteiger partial charge < -0.3 is 5.32 Å². The molecule has 1 amide bonds. The number of hydrogen-bond donors (Lipinski definition) is 1. The van der Waals surface area contributed by atoms with Gasteiger partial charge in [-0.15, -0.1) is 0 Å². The van der Waals surface area contributed by atoms with Crippen LogP contribution in [0.25, 0.3) is 0 Å². The van der Waals surface area contributed by atoms with Crippen molar-refractivity contribution < 1.29 is 4.79 Å². The van der Waals surface area contributed by atoms with Crippen LogP contribution < -0.4 is 5.32 Å². The number of hydrogen-bond acceptors (Lipinski definition) is 2. The van der Waals surface area contributed by atoms with E-state index in [1.54, 1.807) is 0 Å². The number of carbonyl (C=O) groups is 1. The molecule has 1 aliphatic carbocycles. The summed E-state index contributed by atoms with van der Waals surface area (Å²) >= 11 is 0. The van der Waals surface area contributed by atoms with Crippen LogP contribution in [0.3, 0.4) is 0 Å². The minimum Gasteiger partial charge on any atom is -0.349 e. The summed E-state index contributed by atoms with van der Waals surface area (Å²) in [5.74, 6) is 0.702. The number of nitrogens with zero attached hydrogens (tertiary/aromatic N) is 2. The third-order valence-corrected chi connectivity index (χ3v) is 4.22. The van der Waals surface area contributed by atoms with Crippen molar-refractivity contribution in [2.75, 3.05) is 0 Å². The van der Waals surface area contributed by atoms with Crippen LogP contribution in [0.4, 0.5) is 0 Å². The minimum absolute atomic E-state index is 0.105. The Morgan fingerprint density at radius 2 is 2.05 bits per heavy atom. The molecule has 4 heteroatoms. The molecule has 1 aromatic carbocycles. The van der Waals surface area contributed by atoms with E-state index in [-0.39, 0.29) is 11.9 Å². The summed E-state index contributed by atoms with van der Waals surface area (Å²) in [6.07, 6.45) is 2.88. The highest BCUT2D eigenvalue weighted by molar-refractivity contribution is 5.76. The first-order valence-electron chi connectivity index (χ1n) is 7.99. The van der Waals surface area contributed by atoms with Gasteiger partial charge in [0.05, 0.1) is 11.7 Å². The Labute approximate surface area is 131 Å². The van der Waals surface area contributed by atoms with E-state index in [1.165, 1.54) is 18.4 Å². The number of aromatic nitrogens is 2. The summed E-state index contributed by atoms with van der Waals surface area (Å²) < 4.78 is 1.91. The first-order valence-corrected chi connectivity index (χ1v) is 7.99. The molecule has 0 saturated heterocycles. The molecular weight excluding hydrogens is 274 g/mol. The van der Waals surface area contributed by atoms with Crippen molar-refractivity contribution in [1.29, 1.82) is 0 Å². The van der Waals surface area contributed by atoms with Crippen molar-refractivity contribution in [2.24, 2.45) is 5.92 Å². The summed E-state index contributed by atoms with van der Waals surface area (Å²) in [6.45, 7) is 4.63. The lowest BCUT2D eigenvalue weighted by atomic mass is 10.0. The summed E-state index contributed by atoms with van der Waals surface area (Å²) in [5.41, 5.74) is 3.31. The van der Waals surface area contributed by atoms with Crippen LogP contribution in [0.5, 0.6) is 0 Å². The molecule has 1 atom stereocenters. The van der Waals surface area contributed by atoms with E-state index in [0.29, 0.717) is 18.9 Å². The molecule has 1 saturated carbocycles. The maximum atomic E-state index is 12.3. The number of benzene rings is 1. The van der Waals surface area contributed by atoms with Gasteiger partial charge in [-0.3, -0.25) is 9.48 Å². The highest BCUT2D eigenvalue weighted by Gasteiger charge is 2.33. The molecule has 0 spiro atoms. The third kappa shape index (κ3) is 3.56. The minimum atomic E-state index is 0.105. The van der Waals surface area contributed by atoms with Crippen LogP contribution in [0.2, 0.25) is 0 Å². The van der Waals surface area contributed by atoms with E-state index in [0.717, 1.165) is 11.4 Å². The summed E-state index contributed by atoms with van der Waals surface area (Å²) in [6, 6.07) is 12.5. The van der Waals surface area contributed by atoms with Crippen LogP contribution in [-0.4, -0.2) is 15.7 Å². The van der Waals surface area contributed by atoms with Crippen molar-refractivity contribution in [3.63, 3.8) is 0 Å². The number of amides is 1. The molecule has 1 fully saturated rings. The summed E-state index contributed by atoms with van der Waals surface area (Å²) in [7, 11) is 0. The topological polar surface area (TPSA) is 46.9 Å². The lowest BCUT2D eigenvalue weighted by Gasteiger charge is -2.19. The van der Waals surface area contributed by atoms with Crippen molar-refractivity contribution >= 4 is 5.91 Å². The molecule has 1 aromatic heterocycles. The Balaban J connectivity index is 1.59. The zero-order valence-electron chi connectivity index (χ0n) is 13.2. The molecule has 22 heavy (non-hydrogen) atoms. The van der Waals surface area contributed by atoms with E-state index < -0.39 is 0 Å². The predicted molar refractivity (Wildman–Crippen MR) is 86.4 cm³/mol. The van der Waals surface area contributed by atoms with Crippen LogP contribution in [0, 0.1) is 19.8 Å². The van der Waals surface area contributed by atoms with E-state index >= 15 is 0 Å². The molecule has 0 unspecified atom stereocenters. The van der Waals surface area contributed by atoms with Crippen molar-refractivity contribution in [1.82, 2.24) is 15.1 Å². The zero-order chi connectivity index (χ0) is 15.5. The third-order valence-electron chi connectivity index (χ3n) is 4.22. The van der Waals surface area contributed by atoms with Crippen LogP contribution >= 0.6 is 0 Å². The molecule has 4 nitrogen and oxygen atoms in total. The Bertz CT molecular complexity index is 644. The first-order chi connectivity index (χ1) is 10.6. The molecule has 1 aliphatic rings. The van der Waals surface area contributed by atoms with Gasteiger partial charge in [-0.05, 0) is 44.2 Å². The van der Waals surface area contributed by atoms with Crippen LogP contribution in [-0.2, 0) is 11.3 Å². The molecule has 2 aromatic rings. The zero-order valence-corrected chi connectivity index (χ0v) is 13.2. The van der Waals surface area contributed by atoms with E-state index in [1.807, 2.05) is 42.8 Å². The van der Waals surface area contributed by atoms with E-state index in [4.69, 9.17) is 0 Å². The average Bonchev–Trinajstić information content (AvgIpc) is 3.29. The van der Waals surface area contributed by atoms with Gasteiger partial charge in [0.25, 0.3) is 0 Å². The second-order valence-electron chi connectivity index (χ2n) is 6.19. The van der Waals surface area contributed by atoms with Gasteiger partial charge in [0.2, 0.25) is 5.91 Å². The SMILES string of the molecule is Cc1cc(C)n(CCC(=O)N[C@@H](c2ccccc2)C2CC2)n1. The van der Waals surface area contributed by atoms with Crippen molar-refractivity contribution in [3.05, 3.63) is 53.3 Å². The van der Waals surface area contributed by atoms with Crippen molar-refractivity contribution in [3.8, 4) is 0 Å². The first kappa shape index (κ1) is 14.8. The fourth-order valence-electron chi connectivity index (χ4n) is 2.92. The fourth-order valence-corrected chi connectivity index (χ4v) is 2.92. The second kappa shape index (κ2) is 6.34. The molecule has 0 bridgehead atoms. The second-order valence-corrected chi connectivity index (χ2v) is 6.19. The molecule has 0 aliphatic heterocycles. The lowest BCUT2D eigenvalue weighted by molar-refractivity contribution is -0.122. The molecule has 3 rings (SSSR count). The smallest absolute Gasteiger partial charge is 0.222 e. The molecule has 116 valence electrons. The number of nitrogens with one attached hydrogen (secondary N) is 1. The quantitative estimate of drug-likeness (QED) is 0.890. The molecular formula is C18H23N3O. The monoisotopic (exact) mass is 297 g/mol. The number of aryl methyl sites for hydroxylation is 3. The van der Waals surface area contributed by atoms with Gasteiger partial charge in [0.1, 0.15) is 0 Å². The molecule has 0 radical (unpaired) electrons. The normalized spacial score (nSPS) is 15.5. The Morgan fingerprint density at radius 3 is 2.64 bits per heavy atom. The Hall–Kier alpha value is -2.10. The number of rotatable bonds is 6. The highest BCUT2D eigenvalue weighted by Crippen LogP contribution is 2.40. The van der Waals surface area contributed by atoms with Gasteiger partial charge in [0.15, 0.2) is 0 Å². The highest BCUT2D eigenvalue weighted by atomic mass is 16.1. The summed E-state index contributed by atoms with van der Waals surface area (Å²) in [5, 5.41) is 7.62. The average molecular weight is 297 g/mol. The van der Waals surface area contributed by atoms with Gasteiger partial charge >= 0.3 is 0 Å². The molecule has 1 heterocycles. The standard InChI is InChI=1S/C18H23N3O/c1-13-12-14(2)21(20-13)11-10-17(22)19-18(16-8-9-16)15-6-4-3-5-7-15/h3-7,12,16,18H,8-11H2,1-2H3,(H,19,22)/t18-/m0/s1. The van der Waals surface area contributed by atoms with Gasteiger partial charge in [-0.1, -0.05) is 30.3 Å². The largest absolute Gasteiger partial charge is 0.349 e.